The molecule has 3 nitrogen and oxygen atoms in total. The molecule has 0 saturated carbocycles. The van der Waals surface area contributed by atoms with Crippen molar-refractivity contribution in [3.05, 3.63) is 47.4 Å². The lowest BCUT2D eigenvalue weighted by molar-refractivity contribution is 0.805. The Labute approximate surface area is 106 Å². The highest BCUT2D eigenvalue weighted by atomic mass is 35.5. The zero-order chi connectivity index (χ0) is 12.1. The van der Waals surface area contributed by atoms with E-state index >= 15 is 0 Å². The first kappa shape index (κ1) is 12.0. The third-order valence-electron chi connectivity index (χ3n) is 2.46. The van der Waals surface area contributed by atoms with Gasteiger partial charge in [-0.1, -0.05) is 23.7 Å². The van der Waals surface area contributed by atoms with Crippen LogP contribution in [0.5, 0.6) is 0 Å². The van der Waals surface area contributed by atoms with Crippen molar-refractivity contribution in [1.82, 2.24) is 9.97 Å². The fraction of sp³-hybridized carbons (Fsp3) is 0.231. The maximum Gasteiger partial charge on any atom is 0.0885 e. The Balaban J connectivity index is 2.17. The smallest absolute Gasteiger partial charge is 0.0885 e. The van der Waals surface area contributed by atoms with Crippen LogP contribution in [-0.2, 0) is 6.42 Å². The Bertz CT molecular complexity index is 482. The van der Waals surface area contributed by atoms with Gasteiger partial charge in [-0.25, -0.2) is 0 Å². The van der Waals surface area contributed by atoms with Crippen molar-refractivity contribution in [2.45, 2.75) is 12.8 Å². The number of hydrogen-bond donors (Lipinski definition) is 1. The lowest BCUT2D eigenvalue weighted by atomic mass is 10.1. The number of halogens is 1. The van der Waals surface area contributed by atoms with Crippen LogP contribution in [0.25, 0.3) is 11.3 Å². The molecule has 2 rings (SSSR count). The highest BCUT2D eigenvalue weighted by Crippen LogP contribution is 2.20. The van der Waals surface area contributed by atoms with Gasteiger partial charge in [0.25, 0.3) is 0 Å². The highest BCUT2D eigenvalue weighted by molar-refractivity contribution is 6.30. The first-order valence-corrected chi connectivity index (χ1v) is 5.94. The number of aromatic nitrogens is 2. The van der Waals surface area contributed by atoms with Crippen LogP contribution in [0.4, 0.5) is 0 Å². The molecule has 0 radical (unpaired) electrons. The molecule has 0 saturated heterocycles. The van der Waals surface area contributed by atoms with Crippen LogP contribution in [-0.4, -0.2) is 16.5 Å². The lowest BCUT2D eigenvalue weighted by Gasteiger charge is -2.02. The molecule has 1 aromatic carbocycles. The summed E-state index contributed by atoms with van der Waals surface area (Å²) < 4.78 is 0. The van der Waals surface area contributed by atoms with E-state index in [1.807, 2.05) is 24.3 Å². The van der Waals surface area contributed by atoms with E-state index in [0.29, 0.717) is 11.6 Å². The van der Waals surface area contributed by atoms with E-state index in [9.17, 15) is 0 Å². The molecular weight excluding hydrogens is 234 g/mol. The minimum Gasteiger partial charge on any atom is -0.330 e. The van der Waals surface area contributed by atoms with E-state index in [0.717, 1.165) is 29.8 Å². The van der Waals surface area contributed by atoms with Gasteiger partial charge in [0.15, 0.2) is 0 Å². The van der Waals surface area contributed by atoms with Gasteiger partial charge in [0, 0.05) is 16.8 Å². The summed E-state index contributed by atoms with van der Waals surface area (Å²) in [4.78, 5) is 8.74. The Morgan fingerprint density at radius 1 is 1.18 bits per heavy atom. The normalized spacial score (nSPS) is 10.5. The van der Waals surface area contributed by atoms with Crippen molar-refractivity contribution in [3.8, 4) is 11.3 Å². The van der Waals surface area contributed by atoms with E-state index in [1.54, 1.807) is 12.4 Å². The topological polar surface area (TPSA) is 51.8 Å². The molecule has 88 valence electrons. The minimum atomic E-state index is 0.678. The maximum atomic E-state index is 5.93. The van der Waals surface area contributed by atoms with Crippen LogP contribution >= 0.6 is 11.6 Å². The molecule has 0 aliphatic rings. The monoisotopic (exact) mass is 247 g/mol. The standard InChI is InChI=1S/C13H14ClN3/c14-11-4-1-3-10(7-11)13-9-16-12(8-17-13)5-2-6-15/h1,3-4,7-9H,2,5-6,15H2. The molecule has 4 heteroatoms. The molecule has 0 bridgehead atoms. The number of rotatable bonds is 4. The summed E-state index contributed by atoms with van der Waals surface area (Å²) in [6, 6.07) is 7.59. The van der Waals surface area contributed by atoms with Gasteiger partial charge in [-0.05, 0) is 31.5 Å². The first-order valence-electron chi connectivity index (χ1n) is 5.56. The molecule has 2 N–H and O–H groups in total. The molecule has 0 fully saturated rings. The van der Waals surface area contributed by atoms with E-state index in [1.165, 1.54) is 0 Å². The molecule has 0 aliphatic carbocycles. The third kappa shape index (κ3) is 3.25. The van der Waals surface area contributed by atoms with Gasteiger partial charge >= 0.3 is 0 Å². The van der Waals surface area contributed by atoms with E-state index < -0.39 is 0 Å². The Morgan fingerprint density at radius 2 is 2.06 bits per heavy atom. The van der Waals surface area contributed by atoms with Gasteiger partial charge in [0.2, 0.25) is 0 Å². The molecule has 1 aromatic heterocycles. The lowest BCUT2D eigenvalue weighted by Crippen LogP contribution is -2.02. The SMILES string of the molecule is NCCCc1cnc(-c2cccc(Cl)c2)cn1. The fourth-order valence-corrected chi connectivity index (χ4v) is 1.75. The van der Waals surface area contributed by atoms with Crippen molar-refractivity contribution < 1.29 is 0 Å². The fourth-order valence-electron chi connectivity index (χ4n) is 1.56. The maximum absolute atomic E-state index is 5.93. The average molecular weight is 248 g/mol. The molecule has 1 heterocycles. The molecular formula is C13H14ClN3. The number of aryl methyl sites for hydroxylation is 1. The van der Waals surface area contributed by atoms with Gasteiger partial charge in [0.1, 0.15) is 0 Å². The molecule has 0 spiro atoms. The van der Waals surface area contributed by atoms with Crippen molar-refractivity contribution in [2.75, 3.05) is 6.54 Å². The van der Waals surface area contributed by atoms with Crippen molar-refractivity contribution in [3.63, 3.8) is 0 Å². The molecule has 2 aromatic rings. The number of benzene rings is 1. The molecule has 0 amide bonds. The van der Waals surface area contributed by atoms with Crippen molar-refractivity contribution in [2.24, 2.45) is 5.73 Å². The summed E-state index contributed by atoms with van der Waals surface area (Å²) in [5.41, 5.74) is 8.24. The van der Waals surface area contributed by atoms with Gasteiger partial charge in [0.05, 0.1) is 17.6 Å². The van der Waals surface area contributed by atoms with Gasteiger partial charge in [-0.2, -0.15) is 0 Å². The van der Waals surface area contributed by atoms with Crippen molar-refractivity contribution in [1.29, 1.82) is 0 Å². The number of nitrogens with zero attached hydrogens (tertiary/aromatic N) is 2. The zero-order valence-electron chi connectivity index (χ0n) is 9.44. The van der Waals surface area contributed by atoms with E-state index in [4.69, 9.17) is 17.3 Å². The summed E-state index contributed by atoms with van der Waals surface area (Å²) in [6.45, 7) is 0.678. The second-order valence-electron chi connectivity index (χ2n) is 3.80. The van der Waals surface area contributed by atoms with Crippen LogP contribution < -0.4 is 5.73 Å². The van der Waals surface area contributed by atoms with Gasteiger partial charge < -0.3 is 5.73 Å². The second-order valence-corrected chi connectivity index (χ2v) is 4.23. The first-order chi connectivity index (χ1) is 8.29. The van der Waals surface area contributed by atoms with Crippen LogP contribution in [0.2, 0.25) is 5.02 Å². The molecule has 0 atom stereocenters. The van der Waals surface area contributed by atoms with Crippen molar-refractivity contribution >= 4 is 11.6 Å². The van der Waals surface area contributed by atoms with Gasteiger partial charge in [-0.3, -0.25) is 9.97 Å². The quantitative estimate of drug-likeness (QED) is 0.904. The zero-order valence-corrected chi connectivity index (χ0v) is 10.2. The van der Waals surface area contributed by atoms with Crippen LogP contribution in [0.15, 0.2) is 36.7 Å². The molecule has 0 aliphatic heterocycles. The minimum absolute atomic E-state index is 0.678. The van der Waals surface area contributed by atoms with E-state index in [2.05, 4.69) is 9.97 Å². The summed E-state index contributed by atoms with van der Waals surface area (Å²) in [5.74, 6) is 0. The second kappa shape index (κ2) is 5.75. The Hall–Kier alpha value is -1.45. The predicted octanol–water partition coefficient (Wildman–Crippen LogP) is 2.69. The van der Waals surface area contributed by atoms with E-state index in [-0.39, 0.29) is 0 Å². The highest BCUT2D eigenvalue weighted by Gasteiger charge is 2.01. The molecule has 0 unspecified atom stereocenters. The van der Waals surface area contributed by atoms with Crippen LogP contribution in [0.1, 0.15) is 12.1 Å². The van der Waals surface area contributed by atoms with Gasteiger partial charge in [-0.15, -0.1) is 0 Å². The predicted molar refractivity (Wildman–Crippen MR) is 69.9 cm³/mol. The summed E-state index contributed by atoms with van der Waals surface area (Å²) in [6.07, 6.45) is 5.38. The average Bonchev–Trinajstić information content (AvgIpc) is 2.37. The Morgan fingerprint density at radius 3 is 2.71 bits per heavy atom. The Kier molecular flexibility index (Phi) is 4.07. The third-order valence-corrected chi connectivity index (χ3v) is 2.70. The number of nitrogens with two attached hydrogens (primary N) is 1. The summed E-state index contributed by atoms with van der Waals surface area (Å²) in [7, 11) is 0. The largest absolute Gasteiger partial charge is 0.330 e. The molecule has 17 heavy (non-hydrogen) atoms. The van der Waals surface area contributed by atoms with Crippen LogP contribution in [0.3, 0.4) is 0 Å². The summed E-state index contributed by atoms with van der Waals surface area (Å²) >= 11 is 5.93. The number of hydrogen-bond acceptors (Lipinski definition) is 3. The summed E-state index contributed by atoms with van der Waals surface area (Å²) in [5, 5.41) is 0.705. The van der Waals surface area contributed by atoms with Crippen LogP contribution in [0, 0.1) is 0 Å².